The van der Waals surface area contributed by atoms with Gasteiger partial charge in [-0.05, 0) is 31.2 Å². The Kier molecular flexibility index (Phi) is 6.10. The molecule has 0 fully saturated rings. The SMILES string of the molecule is CCC/C(CCCc1ccccc1)=N/Nc1nncc2ccccc12. The van der Waals surface area contributed by atoms with Crippen LogP contribution >= 0.6 is 0 Å². The lowest BCUT2D eigenvalue weighted by Gasteiger charge is -2.08. The van der Waals surface area contributed by atoms with E-state index in [0.717, 1.165) is 48.7 Å². The Bertz CT molecular complexity index is 822. The van der Waals surface area contributed by atoms with Gasteiger partial charge < -0.3 is 0 Å². The maximum Gasteiger partial charge on any atom is 0.176 e. The summed E-state index contributed by atoms with van der Waals surface area (Å²) in [6.45, 7) is 2.18. The summed E-state index contributed by atoms with van der Waals surface area (Å²) in [5.74, 6) is 0.717. The van der Waals surface area contributed by atoms with Gasteiger partial charge in [-0.3, -0.25) is 5.43 Å². The van der Waals surface area contributed by atoms with E-state index in [-0.39, 0.29) is 0 Å². The molecule has 128 valence electrons. The Hall–Kier alpha value is -2.75. The zero-order valence-electron chi connectivity index (χ0n) is 14.7. The molecule has 1 N–H and O–H groups in total. The zero-order chi connectivity index (χ0) is 17.3. The number of rotatable bonds is 8. The van der Waals surface area contributed by atoms with E-state index < -0.39 is 0 Å². The van der Waals surface area contributed by atoms with Gasteiger partial charge in [-0.15, -0.1) is 5.10 Å². The molecule has 0 amide bonds. The van der Waals surface area contributed by atoms with E-state index >= 15 is 0 Å². The molecule has 1 aromatic heterocycles. The van der Waals surface area contributed by atoms with Gasteiger partial charge in [0.25, 0.3) is 0 Å². The van der Waals surface area contributed by atoms with Crippen molar-refractivity contribution < 1.29 is 0 Å². The molecule has 0 radical (unpaired) electrons. The lowest BCUT2D eigenvalue weighted by Crippen LogP contribution is -2.05. The lowest BCUT2D eigenvalue weighted by molar-refractivity contribution is 0.836. The zero-order valence-corrected chi connectivity index (χ0v) is 14.7. The summed E-state index contributed by atoms with van der Waals surface area (Å²) in [4.78, 5) is 0. The minimum atomic E-state index is 0.717. The molecule has 25 heavy (non-hydrogen) atoms. The number of hydrogen-bond acceptors (Lipinski definition) is 4. The Labute approximate surface area is 149 Å². The van der Waals surface area contributed by atoms with E-state index in [0.29, 0.717) is 0 Å². The highest BCUT2D eigenvalue weighted by Gasteiger charge is 2.04. The van der Waals surface area contributed by atoms with E-state index in [9.17, 15) is 0 Å². The summed E-state index contributed by atoms with van der Waals surface area (Å²) in [6.07, 6.45) is 7.04. The molecule has 0 atom stereocenters. The summed E-state index contributed by atoms with van der Waals surface area (Å²) >= 11 is 0. The molecule has 3 rings (SSSR count). The van der Waals surface area contributed by atoms with Crippen molar-refractivity contribution in [1.29, 1.82) is 0 Å². The molecular weight excluding hydrogens is 308 g/mol. The lowest BCUT2D eigenvalue weighted by atomic mass is 10.0. The van der Waals surface area contributed by atoms with Gasteiger partial charge in [0.15, 0.2) is 5.82 Å². The molecule has 0 aliphatic carbocycles. The van der Waals surface area contributed by atoms with Gasteiger partial charge >= 0.3 is 0 Å². The van der Waals surface area contributed by atoms with Crippen molar-refractivity contribution in [1.82, 2.24) is 10.2 Å². The van der Waals surface area contributed by atoms with Crippen LogP contribution in [-0.4, -0.2) is 15.9 Å². The molecule has 1 heterocycles. The first-order chi connectivity index (χ1) is 12.4. The number of nitrogens with one attached hydrogen (secondary N) is 1. The number of aromatic nitrogens is 2. The van der Waals surface area contributed by atoms with Crippen LogP contribution in [0.4, 0.5) is 5.82 Å². The van der Waals surface area contributed by atoms with Crippen LogP contribution in [0.3, 0.4) is 0 Å². The third-order valence-electron chi connectivity index (χ3n) is 4.20. The number of anilines is 1. The Morgan fingerprint density at radius 1 is 1.00 bits per heavy atom. The van der Waals surface area contributed by atoms with Crippen LogP contribution < -0.4 is 5.43 Å². The van der Waals surface area contributed by atoms with Crippen molar-refractivity contribution in [2.24, 2.45) is 5.10 Å². The summed E-state index contributed by atoms with van der Waals surface area (Å²) in [5, 5.41) is 15.0. The largest absolute Gasteiger partial charge is 0.259 e. The Morgan fingerprint density at radius 3 is 2.64 bits per heavy atom. The molecule has 0 saturated carbocycles. The molecule has 0 spiro atoms. The van der Waals surface area contributed by atoms with Crippen molar-refractivity contribution in [2.45, 2.75) is 39.0 Å². The fourth-order valence-electron chi connectivity index (χ4n) is 2.91. The molecule has 0 aliphatic heterocycles. The van der Waals surface area contributed by atoms with Crippen molar-refractivity contribution in [3.8, 4) is 0 Å². The van der Waals surface area contributed by atoms with Crippen molar-refractivity contribution >= 4 is 22.3 Å². The molecule has 4 nitrogen and oxygen atoms in total. The highest BCUT2D eigenvalue weighted by molar-refractivity contribution is 5.92. The third kappa shape index (κ3) is 4.86. The second-order valence-corrected chi connectivity index (χ2v) is 6.16. The van der Waals surface area contributed by atoms with Crippen LogP contribution in [0.2, 0.25) is 0 Å². The van der Waals surface area contributed by atoms with Crippen LogP contribution in [0.1, 0.15) is 38.2 Å². The number of benzene rings is 2. The van der Waals surface area contributed by atoms with Crippen LogP contribution in [0, 0.1) is 0 Å². The fraction of sp³-hybridized carbons (Fsp3) is 0.286. The Morgan fingerprint density at radius 2 is 1.80 bits per heavy atom. The van der Waals surface area contributed by atoms with E-state index in [1.165, 1.54) is 11.3 Å². The number of aryl methyl sites for hydroxylation is 1. The third-order valence-corrected chi connectivity index (χ3v) is 4.20. The van der Waals surface area contributed by atoms with Crippen molar-refractivity contribution in [3.05, 3.63) is 66.4 Å². The average Bonchev–Trinajstić information content (AvgIpc) is 2.67. The second kappa shape index (κ2) is 8.92. The van der Waals surface area contributed by atoms with Crippen LogP contribution in [-0.2, 0) is 6.42 Å². The molecule has 0 bridgehead atoms. The molecule has 3 aromatic rings. The highest BCUT2D eigenvalue weighted by atomic mass is 15.3. The van der Waals surface area contributed by atoms with Gasteiger partial charge in [-0.1, -0.05) is 67.9 Å². The number of hydrogen-bond donors (Lipinski definition) is 1. The van der Waals surface area contributed by atoms with E-state index in [4.69, 9.17) is 0 Å². The van der Waals surface area contributed by atoms with Crippen molar-refractivity contribution in [3.63, 3.8) is 0 Å². The first-order valence-electron chi connectivity index (χ1n) is 8.92. The maximum absolute atomic E-state index is 4.63. The van der Waals surface area contributed by atoms with E-state index in [2.05, 4.69) is 58.0 Å². The van der Waals surface area contributed by atoms with Crippen LogP contribution in [0.15, 0.2) is 65.9 Å². The molecule has 0 unspecified atom stereocenters. The normalized spacial score (nSPS) is 11.6. The number of nitrogens with zero attached hydrogens (tertiary/aromatic N) is 3. The monoisotopic (exact) mass is 332 g/mol. The molecule has 0 aliphatic rings. The van der Waals surface area contributed by atoms with Crippen LogP contribution in [0.25, 0.3) is 10.8 Å². The minimum Gasteiger partial charge on any atom is -0.259 e. The summed E-state index contributed by atoms with van der Waals surface area (Å²) in [6, 6.07) is 18.7. The topological polar surface area (TPSA) is 50.2 Å². The van der Waals surface area contributed by atoms with E-state index in [1.807, 2.05) is 24.3 Å². The van der Waals surface area contributed by atoms with Gasteiger partial charge in [0.2, 0.25) is 0 Å². The fourth-order valence-corrected chi connectivity index (χ4v) is 2.91. The smallest absolute Gasteiger partial charge is 0.176 e. The average molecular weight is 332 g/mol. The van der Waals surface area contributed by atoms with Gasteiger partial charge in [-0.2, -0.15) is 10.2 Å². The molecule has 2 aromatic carbocycles. The quantitative estimate of drug-likeness (QED) is 0.454. The first kappa shape index (κ1) is 17.1. The first-order valence-corrected chi connectivity index (χ1v) is 8.92. The van der Waals surface area contributed by atoms with Crippen molar-refractivity contribution in [2.75, 3.05) is 5.43 Å². The number of fused-ring (bicyclic) bond motifs is 1. The predicted octanol–water partition coefficient (Wildman–Crippen LogP) is 5.22. The highest BCUT2D eigenvalue weighted by Crippen LogP contribution is 2.19. The maximum atomic E-state index is 4.63. The molecular formula is C21H24N4. The standard InChI is InChI=1S/C21H24N4/c1-2-9-19(14-8-12-17-10-4-3-5-11-17)23-25-21-20-15-7-6-13-18(20)16-22-24-21/h3-7,10-11,13,15-16H,2,8-9,12,14H2,1H3,(H,24,25)/b23-19-. The van der Waals surface area contributed by atoms with Gasteiger partial charge in [0.1, 0.15) is 0 Å². The van der Waals surface area contributed by atoms with Gasteiger partial charge in [0.05, 0.1) is 6.20 Å². The second-order valence-electron chi connectivity index (χ2n) is 6.16. The predicted molar refractivity (Wildman–Crippen MR) is 105 cm³/mol. The summed E-state index contributed by atoms with van der Waals surface area (Å²) < 4.78 is 0. The molecule has 4 heteroatoms. The minimum absolute atomic E-state index is 0.717. The van der Waals surface area contributed by atoms with Gasteiger partial charge in [-0.25, -0.2) is 0 Å². The van der Waals surface area contributed by atoms with Crippen LogP contribution in [0.5, 0.6) is 0 Å². The van der Waals surface area contributed by atoms with E-state index in [1.54, 1.807) is 6.20 Å². The van der Waals surface area contributed by atoms with Gasteiger partial charge in [0, 0.05) is 16.5 Å². The molecule has 0 saturated heterocycles. The number of hydrazone groups is 1. The Balaban J connectivity index is 1.65. The summed E-state index contributed by atoms with van der Waals surface area (Å²) in [5.41, 5.74) is 5.70. The summed E-state index contributed by atoms with van der Waals surface area (Å²) in [7, 11) is 0.